The number of ether oxygens (including phenoxy) is 1. The van der Waals surface area contributed by atoms with Gasteiger partial charge in [-0.25, -0.2) is 9.59 Å². The average molecular weight is 490 g/mol. The maximum atomic E-state index is 12.7. The van der Waals surface area contributed by atoms with Gasteiger partial charge in [0.1, 0.15) is 0 Å². The Hall–Kier alpha value is -3.88. The van der Waals surface area contributed by atoms with Crippen molar-refractivity contribution >= 4 is 23.4 Å². The number of esters is 1. The molecule has 0 bridgehead atoms. The summed E-state index contributed by atoms with van der Waals surface area (Å²) in [6.45, 7) is 2.71. The van der Waals surface area contributed by atoms with E-state index in [4.69, 9.17) is 9.26 Å². The van der Waals surface area contributed by atoms with E-state index in [-0.39, 0.29) is 6.03 Å². The molecule has 3 aromatic rings. The summed E-state index contributed by atoms with van der Waals surface area (Å²) in [5.74, 6) is 1.40. The third-order valence-corrected chi connectivity index (χ3v) is 7.01. The fourth-order valence-corrected chi connectivity index (χ4v) is 4.87. The first-order chi connectivity index (χ1) is 17.6. The largest absolute Gasteiger partial charge is 0.465 e. The highest BCUT2D eigenvalue weighted by Crippen LogP contribution is 2.32. The smallest absolute Gasteiger partial charge is 0.337 e. The van der Waals surface area contributed by atoms with Crippen LogP contribution in [-0.4, -0.2) is 60.3 Å². The van der Waals surface area contributed by atoms with E-state index in [1.54, 1.807) is 29.2 Å². The number of rotatable bonds is 5. The molecule has 2 aromatic carbocycles. The molecule has 188 valence electrons. The van der Waals surface area contributed by atoms with E-state index in [9.17, 15) is 9.59 Å². The Labute approximate surface area is 210 Å². The Kier molecular flexibility index (Phi) is 7.16. The number of anilines is 2. The first-order valence-corrected chi connectivity index (χ1v) is 12.5. The molecule has 36 heavy (non-hydrogen) atoms. The van der Waals surface area contributed by atoms with Gasteiger partial charge >= 0.3 is 12.0 Å². The lowest BCUT2D eigenvalue weighted by atomic mass is 9.89. The quantitative estimate of drug-likeness (QED) is 0.508. The summed E-state index contributed by atoms with van der Waals surface area (Å²) in [5.41, 5.74) is 3.13. The lowest BCUT2D eigenvalue weighted by molar-refractivity contribution is 0.0600. The summed E-state index contributed by atoms with van der Waals surface area (Å²) in [4.78, 5) is 33.0. The Bertz CT molecular complexity index is 1180. The molecule has 2 fully saturated rings. The molecule has 0 unspecified atom stereocenters. The topological polar surface area (TPSA) is 101 Å². The fraction of sp³-hybridized carbons (Fsp3) is 0.407. The van der Waals surface area contributed by atoms with Crippen LogP contribution in [0.1, 0.15) is 54.3 Å². The van der Waals surface area contributed by atoms with Crippen molar-refractivity contribution in [3.05, 3.63) is 60.0 Å². The monoisotopic (exact) mass is 489 g/mol. The zero-order chi connectivity index (χ0) is 24.9. The molecule has 5 rings (SSSR count). The molecule has 2 amide bonds. The Balaban J connectivity index is 1.13. The number of carbonyl (C=O) groups is 2. The van der Waals surface area contributed by atoms with Crippen LogP contribution in [0.4, 0.5) is 16.2 Å². The molecule has 1 aliphatic heterocycles. The van der Waals surface area contributed by atoms with Crippen molar-refractivity contribution in [1.29, 1.82) is 0 Å². The lowest BCUT2D eigenvalue weighted by Crippen LogP contribution is -2.50. The van der Waals surface area contributed by atoms with E-state index < -0.39 is 5.97 Å². The highest BCUT2D eigenvalue weighted by atomic mass is 16.5. The van der Waals surface area contributed by atoms with Crippen molar-refractivity contribution in [3.63, 3.8) is 0 Å². The van der Waals surface area contributed by atoms with Gasteiger partial charge in [0, 0.05) is 49.0 Å². The third kappa shape index (κ3) is 5.35. The molecule has 2 aliphatic rings. The summed E-state index contributed by atoms with van der Waals surface area (Å²) in [6, 6.07) is 14.7. The van der Waals surface area contributed by atoms with Gasteiger partial charge in [-0.2, -0.15) is 4.98 Å². The van der Waals surface area contributed by atoms with Crippen LogP contribution in [0.3, 0.4) is 0 Å². The molecule has 2 heterocycles. The predicted octanol–water partition coefficient (Wildman–Crippen LogP) is 4.93. The van der Waals surface area contributed by atoms with Crippen molar-refractivity contribution in [3.8, 4) is 11.4 Å². The predicted molar refractivity (Wildman–Crippen MR) is 136 cm³/mol. The number of urea groups is 1. The highest BCUT2D eigenvalue weighted by Gasteiger charge is 2.23. The van der Waals surface area contributed by atoms with Crippen LogP contribution in [0.5, 0.6) is 0 Å². The second kappa shape index (κ2) is 10.8. The van der Waals surface area contributed by atoms with Crippen LogP contribution in [0.15, 0.2) is 53.1 Å². The zero-order valence-electron chi connectivity index (χ0n) is 20.5. The standard InChI is InChI=1S/C27H31N5O4/c1-35-26(33)21-7-11-22(12-8-21)28-27(34)32-17-15-31(16-18-32)23-13-9-19(10-14-23)24-29-25(36-30-24)20-5-3-2-4-6-20/h7-14,20H,2-6,15-18H2,1H3,(H,28,34). The van der Waals surface area contributed by atoms with Gasteiger partial charge in [-0.3, -0.25) is 0 Å². The van der Waals surface area contributed by atoms with Crippen LogP contribution in [0, 0.1) is 0 Å². The molecule has 1 saturated carbocycles. The summed E-state index contributed by atoms with van der Waals surface area (Å²) < 4.78 is 10.3. The van der Waals surface area contributed by atoms with E-state index in [1.807, 2.05) is 12.1 Å². The number of methoxy groups -OCH3 is 1. The summed E-state index contributed by atoms with van der Waals surface area (Å²) in [7, 11) is 1.34. The second-order valence-electron chi connectivity index (χ2n) is 9.31. The minimum atomic E-state index is -0.404. The van der Waals surface area contributed by atoms with Gasteiger partial charge in [-0.1, -0.05) is 24.4 Å². The van der Waals surface area contributed by atoms with Crippen LogP contribution < -0.4 is 10.2 Å². The maximum absolute atomic E-state index is 12.7. The molecule has 0 atom stereocenters. The van der Waals surface area contributed by atoms with Crippen molar-refractivity contribution in [2.24, 2.45) is 0 Å². The van der Waals surface area contributed by atoms with Crippen LogP contribution in [-0.2, 0) is 4.74 Å². The number of amides is 2. The molecule has 9 heteroatoms. The van der Waals surface area contributed by atoms with Gasteiger partial charge in [-0.15, -0.1) is 0 Å². The Morgan fingerprint density at radius 2 is 1.64 bits per heavy atom. The van der Waals surface area contributed by atoms with Gasteiger partial charge in [-0.05, 0) is 61.4 Å². The number of piperazine rings is 1. The minimum Gasteiger partial charge on any atom is -0.465 e. The molecule has 0 radical (unpaired) electrons. The van der Waals surface area contributed by atoms with Crippen LogP contribution in [0.2, 0.25) is 0 Å². The Morgan fingerprint density at radius 3 is 2.31 bits per heavy atom. The van der Waals surface area contributed by atoms with Gasteiger partial charge in [0.2, 0.25) is 11.7 Å². The number of carbonyl (C=O) groups excluding carboxylic acids is 2. The number of hydrogen-bond donors (Lipinski definition) is 1. The van der Waals surface area contributed by atoms with Crippen molar-refractivity contribution in [1.82, 2.24) is 15.0 Å². The SMILES string of the molecule is COC(=O)c1ccc(NC(=O)N2CCN(c3ccc(-c4noc(C5CCCCC5)n4)cc3)CC2)cc1. The van der Waals surface area contributed by atoms with Crippen molar-refractivity contribution < 1.29 is 18.8 Å². The molecule has 9 nitrogen and oxygen atoms in total. The molecule has 1 aliphatic carbocycles. The molecule has 1 saturated heterocycles. The molecule has 1 N–H and O–H groups in total. The highest BCUT2D eigenvalue weighted by molar-refractivity contribution is 5.92. The van der Waals surface area contributed by atoms with E-state index >= 15 is 0 Å². The van der Waals surface area contributed by atoms with E-state index in [0.717, 1.165) is 43.1 Å². The molecular weight excluding hydrogens is 458 g/mol. The van der Waals surface area contributed by atoms with Gasteiger partial charge in [0.15, 0.2) is 0 Å². The summed E-state index contributed by atoms with van der Waals surface area (Å²) >= 11 is 0. The zero-order valence-corrected chi connectivity index (χ0v) is 20.5. The number of benzene rings is 2. The van der Waals surface area contributed by atoms with Gasteiger partial charge in [0.05, 0.1) is 12.7 Å². The number of hydrogen-bond acceptors (Lipinski definition) is 7. The summed E-state index contributed by atoms with van der Waals surface area (Å²) in [6.07, 6.45) is 6.02. The van der Waals surface area contributed by atoms with E-state index in [1.165, 1.54) is 26.4 Å². The average Bonchev–Trinajstić information content (AvgIpc) is 3.44. The van der Waals surface area contributed by atoms with E-state index in [2.05, 4.69) is 32.5 Å². The third-order valence-electron chi connectivity index (χ3n) is 7.01. The van der Waals surface area contributed by atoms with E-state index in [0.29, 0.717) is 36.1 Å². The molecular formula is C27H31N5O4. The first-order valence-electron chi connectivity index (χ1n) is 12.5. The van der Waals surface area contributed by atoms with Crippen molar-refractivity contribution in [2.75, 3.05) is 43.5 Å². The van der Waals surface area contributed by atoms with Gasteiger partial charge < -0.3 is 24.4 Å². The summed E-state index contributed by atoms with van der Waals surface area (Å²) in [5, 5.41) is 7.11. The molecule has 1 aromatic heterocycles. The first kappa shape index (κ1) is 23.8. The minimum absolute atomic E-state index is 0.151. The van der Waals surface area contributed by atoms with Crippen LogP contribution in [0.25, 0.3) is 11.4 Å². The van der Waals surface area contributed by atoms with Crippen molar-refractivity contribution in [2.45, 2.75) is 38.0 Å². The lowest BCUT2D eigenvalue weighted by Gasteiger charge is -2.36. The maximum Gasteiger partial charge on any atom is 0.337 e. The normalized spacial score (nSPS) is 16.6. The van der Waals surface area contributed by atoms with Crippen LogP contribution >= 0.6 is 0 Å². The number of nitrogens with one attached hydrogen (secondary N) is 1. The number of aromatic nitrogens is 2. The Morgan fingerprint density at radius 1 is 0.944 bits per heavy atom. The van der Waals surface area contributed by atoms with Gasteiger partial charge in [0.25, 0.3) is 0 Å². The molecule has 0 spiro atoms. The second-order valence-corrected chi connectivity index (χ2v) is 9.31. The fourth-order valence-electron chi connectivity index (χ4n) is 4.87. The number of nitrogens with zero attached hydrogens (tertiary/aromatic N) is 4.